The third-order valence-corrected chi connectivity index (χ3v) is 5.09. The van der Waals surface area contributed by atoms with Gasteiger partial charge in [0, 0.05) is 22.3 Å². The number of Topliss-reactive ketones (excluding diaryl/α,β-unsaturated/α-hetero) is 2. The predicted octanol–water partition coefficient (Wildman–Crippen LogP) is 4.03. The maximum atomic E-state index is 14.7. The summed E-state index contributed by atoms with van der Waals surface area (Å²) in [5.74, 6) is -4.22. The van der Waals surface area contributed by atoms with Crippen LogP contribution in [0.5, 0.6) is 0 Å². The van der Waals surface area contributed by atoms with Crippen LogP contribution in [-0.2, 0) is 9.59 Å². The van der Waals surface area contributed by atoms with Crippen LogP contribution in [0.3, 0.4) is 0 Å². The molecular formula is C22H14ClFN2O3. The lowest BCUT2D eigenvalue weighted by Crippen LogP contribution is -2.31. The summed E-state index contributed by atoms with van der Waals surface area (Å²) >= 11 is 5.88. The van der Waals surface area contributed by atoms with Gasteiger partial charge in [-0.1, -0.05) is 35.9 Å². The first-order valence-electron chi connectivity index (χ1n) is 8.81. The van der Waals surface area contributed by atoms with Gasteiger partial charge < -0.3 is 0 Å². The van der Waals surface area contributed by atoms with Gasteiger partial charge in [0.2, 0.25) is 5.78 Å². The van der Waals surface area contributed by atoms with E-state index in [0.717, 1.165) is 4.90 Å². The van der Waals surface area contributed by atoms with E-state index in [0.29, 0.717) is 5.02 Å². The molecule has 0 N–H and O–H groups in total. The van der Waals surface area contributed by atoms with E-state index in [9.17, 15) is 18.8 Å². The molecular weight excluding hydrogens is 395 g/mol. The van der Waals surface area contributed by atoms with Crippen LogP contribution in [0.4, 0.5) is 10.2 Å². The number of carbonyl (C=O) groups is 3. The second-order valence-corrected chi connectivity index (χ2v) is 6.98. The third kappa shape index (κ3) is 3.32. The average Bonchev–Trinajstić information content (AvgIpc) is 3.00. The summed E-state index contributed by atoms with van der Waals surface area (Å²) in [7, 11) is 0. The first-order valence-corrected chi connectivity index (χ1v) is 9.19. The minimum atomic E-state index is -1.40. The zero-order valence-electron chi connectivity index (χ0n) is 15.0. The number of halogens is 2. The zero-order chi connectivity index (χ0) is 20.5. The largest absolute Gasteiger partial charge is 0.297 e. The van der Waals surface area contributed by atoms with E-state index in [1.165, 1.54) is 54.7 Å². The molecule has 2 heterocycles. The fraction of sp³-hybridized carbons (Fsp3) is 0.0909. The summed E-state index contributed by atoms with van der Waals surface area (Å²) in [4.78, 5) is 44.1. The Bertz CT molecular complexity index is 1100. The lowest BCUT2D eigenvalue weighted by atomic mass is 9.86. The Morgan fingerprint density at radius 3 is 2.31 bits per heavy atom. The van der Waals surface area contributed by atoms with Crippen molar-refractivity contribution in [3.05, 3.63) is 94.9 Å². The lowest BCUT2D eigenvalue weighted by Gasteiger charge is -2.26. The van der Waals surface area contributed by atoms with Gasteiger partial charge in [-0.2, -0.15) is 0 Å². The van der Waals surface area contributed by atoms with Gasteiger partial charge in [0.15, 0.2) is 5.78 Å². The first-order chi connectivity index (χ1) is 14.0. The SMILES string of the molecule is O=C1C(=O)N(c2ccccn2)C(c2ccccc2F)C1C(=O)c1ccc(Cl)cc1. The molecule has 2 aromatic carbocycles. The molecule has 0 spiro atoms. The Morgan fingerprint density at radius 1 is 0.966 bits per heavy atom. The molecule has 4 rings (SSSR count). The second-order valence-electron chi connectivity index (χ2n) is 6.54. The van der Waals surface area contributed by atoms with Crippen LogP contribution < -0.4 is 4.90 Å². The normalized spacial score (nSPS) is 18.9. The summed E-state index contributed by atoms with van der Waals surface area (Å²) in [6.07, 6.45) is 1.46. The number of hydrogen-bond donors (Lipinski definition) is 0. The highest BCUT2D eigenvalue weighted by Gasteiger charge is 2.53. The third-order valence-electron chi connectivity index (χ3n) is 4.84. The van der Waals surface area contributed by atoms with Crippen LogP contribution >= 0.6 is 11.6 Å². The molecule has 0 bridgehead atoms. The maximum Gasteiger partial charge on any atom is 0.297 e. The van der Waals surface area contributed by atoms with Crippen LogP contribution in [0.25, 0.3) is 0 Å². The molecule has 2 atom stereocenters. The second kappa shape index (κ2) is 7.56. The summed E-state index contributed by atoms with van der Waals surface area (Å²) in [6, 6.07) is 15.5. The van der Waals surface area contributed by atoms with E-state index in [4.69, 9.17) is 11.6 Å². The number of rotatable bonds is 4. The van der Waals surface area contributed by atoms with Gasteiger partial charge in [0.25, 0.3) is 5.91 Å². The molecule has 144 valence electrons. The molecule has 7 heteroatoms. The molecule has 1 saturated heterocycles. The molecule has 1 fully saturated rings. The summed E-state index contributed by atoms with van der Waals surface area (Å²) < 4.78 is 14.7. The number of amides is 1. The molecule has 1 amide bonds. The predicted molar refractivity (Wildman–Crippen MR) is 105 cm³/mol. The topological polar surface area (TPSA) is 67.3 Å². The van der Waals surface area contributed by atoms with Crippen molar-refractivity contribution in [1.82, 2.24) is 4.98 Å². The van der Waals surface area contributed by atoms with E-state index in [2.05, 4.69) is 4.98 Å². The van der Waals surface area contributed by atoms with Crippen molar-refractivity contribution in [1.29, 1.82) is 0 Å². The highest BCUT2D eigenvalue weighted by Crippen LogP contribution is 2.41. The fourth-order valence-electron chi connectivity index (χ4n) is 3.50. The molecule has 0 radical (unpaired) electrons. The molecule has 29 heavy (non-hydrogen) atoms. The Hall–Kier alpha value is -3.38. The Morgan fingerprint density at radius 2 is 1.66 bits per heavy atom. The molecule has 1 aliphatic rings. The molecule has 0 saturated carbocycles. The van der Waals surface area contributed by atoms with Crippen LogP contribution in [0, 0.1) is 11.7 Å². The van der Waals surface area contributed by atoms with Gasteiger partial charge >= 0.3 is 0 Å². The standard InChI is InChI=1S/C22H14ClFN2O3/c23-14-10-8-13(9-11-14)20(27)18-19(15-5-1-2-6-16(15)24)26(22(29)21(18)28)17-7-3-4-12-25-17/h1-12,18-19H. The Balaban J connectivity index is 1.87. The van der Waals surface area contributed by atoms with Gasteiger partial charge in [0.05, 0.1) is 6.04 Å². The number of ketones is 2. The van der Waals surface area contributed by atoms with Crippen molar-refractivity contribution < 1.29 is 18.8 Å². The average molecular weight is 409 g/mol. The van der Waals surface area contributed by atoms with E-state index >= 15 is 0 Å². The van der Waals surface area contributed by atoms with Crippen molar-refractivity contribution in [3.63, 3.8) is 0 Å². The minimum Gasteiger partial charge on any atom is -0.293 e. The summed E-state index contributed by atoms with van der Waals surface area (Å²) in [5.41, 5.74) is 0.287. The van der Waals surface area contributed by atoms with E-state index in [1.807, 2.05) is 0 Å². The quantitative estimate of drug-likeness (QED) is 0.371. The molecule has 0 aliphatic carbocycles. The highest BCUT2D eigenvalue weighted by atomic mass is 35.5. The number of pyridine rings is 1. The zero-order valence-corrected chi connectivity index (χ0v) is 15.7. The highest BCUT2D eigenvalue weighted by molar-refractivity contribution is 6.48. The molecule has 2 unspecified atom stereocenters. The number of hydrogen-bond acceptors (Lipinski definition) is 4. The lowest BCUT2D eigenvalue weighted by molar-refractivity contribution is -0.135. The number of carbonyl (C=O) groups excluding carboxylic acids is 3. The smallest absolute Gasteiger partial charge is 0.293 e. The Kier molecular flexibility index (Phi) is 4.94. The number of aromatic nitrogens is 1. The molecule has 3 aromatic rings. The van der Waals surface area contributed by atoms with E-state index < -0.39 is 35.3 Å². The van der Waals surface area contributed by atoms with E-state index in [-0.39, 0.29) is 16.9 Å². The van der Waals surface area contributed by atoms with Crippen LogP contribution in [-0.4, -0.2) is 22.5 Å². The van der Waals surface area contributed by atoms with Crippen LogP contribution in [0.1, 0.15) is 22.0 Å². The minimum absolute atomic E-state index is 0.0738. The van der Waals surface area contributed by atoms with Gasteiger partial charge in [-0.15, -0.1) is 0 Å². The van der Waals surface area contributed by atoms with Crippen molar-refractivity contribution in [2.24, 2.45) is 5.92 Å². The summed E-state index contributed by atoms with van der Waals surface area (Å²) in [5, 5.41) is 0.427. The van der Waals surface area contributed by atoms with Crippen molar-refractivity contribution in [2.45, 2.75) is 6.04 Å². The number of benzene rings is 2. The molecule has 1 aliphatic heterocycles. The van der Waals surface area contributed by atoms with Gasteiger partial charge in [0.1, 0.15) is 17.6 Å². The number of nitrogens with zero attached hydrogens (tertiary/aromatic N) is 2. The summed E-state index contributed by atoms with van der Waals surface area (Å²) in [6.45, 7) is 0. The van der Waals surface area contributed by atoms with Crippen molar-refractivity contribution >= 4 is 34.9 Å². The monoisotopic (exact) mass is 408 g/mol. The molecule has 5 nitrogen and oxygen atoms in total. The van der Waals surface area contributed by atoms with Gasteiger partial charge in [-0.05, 0) is 42.5 Å². The first kappa shape index (κ1) is 19.0. The maximum absolute atomic E-state index is 14.7. The van der Waals surface area contributed by atoms with Crippen molar-refractivity contribution in [3.8, 4) is 0 Å². The molecule has 1 aromatic heterocycles. The van der Waals surface area contributed by atoms with E-state index in [1.54, 1.807) is 18.2 Å². The Labute approximate surface area is 170 Å². The van der Waals surface area contributed by atoms with Crippen LogP contribution in [0.2, 0.25) is 5.02 Å². The van der Waals surface area contributed by atoms with Gasteiger partial charge in [-0.3, -0.25) is 19.3 Å². The van der Waals surface area contributed by atoms with Gasteiger partial charge in [-0.25, -0.2) is 9.37 Å². The fourth-order valence-corrected chi connectivity index (χ4v) is 3.63. The van der Waals surface area contributed by atoms with Crippen molar-refractivity contribution in [2.75, 3.05) is 4.90 Å². The van der Waals surface area contributed by atoms with Crippen LogP contribution in [0.15, 0.2) is 72.9 Å². The number of anilines is 1.